The van der Waals surface area contributed by atoms with Crippen LogP contribution in [0, 0.1) is 0 Å². The summed E-state index contributed by atoms with van der Waals surface area (Å²) in [5, 5.41) is 0.0283. The van der Waals surface area contributed by atoms with Crippen LogP contribution in [-0.2, 0) is 0 Å². The highest BCUT2D eigenvalue weighted by atomic mass is 35.5. The monoisotopic (exact) mass is 269 g/mol. The van der Waals surface area contributed by atoms with E-state index < -0.39 is 0 Å². The second kappa shape index (κ2) is 5.29. The summed E-state index contributed by atoms with van der Waals surface area (Å²) in [4.78, 5) is 11.3. The van der Waals surface area contributed by atoms with E-state index in [1.807, 2.05) is 37.3 Å². The Morgan fingerprint density at radius 1 is 1.00 bits per heavy atom. The van der Waals surface area contributed by atoms with Crippen molar-refractivity contribution in [3.05, 3.63) is 46.5 Å². The van der Waals surface area contributed by atoms with Gasteiger partial charge in [-0.15, -0.1) is 0 Å². The van der Waals surface area contributed by atoms with Crippen molar-refractivity contribution in [2.45, 2.75) is 13.0 Å². The summed E-state index contributed by atoms with van der Waals surface area (Å²) in [6.45, 7) is 1.89. The molecule has 0 fully saturated rings. The molecule has 4 nitrogen and oxygen atoms in total. The van der Waals surface area contributed by atoms with Crippen molar-refractivity contribution in [3.8, 4) is 6.01 Å². The summed E-state index contributed by atoms with van der Waals surface area (Å²) in [7, 11) is 0. The lowest BCUT2D eigenvalue weighted by atomic mass is 10.1. The van der Waals surface area contributed by atoms with Gasteiger partial charge in [-0.3, -0.25) is 0 Å². The number of nitrogens with zero attached hydrogens (tertiary/aromatic N) is 3. The summed E-state index contributed by atoms with van der Waals surface area (Å²) >= 11 is 11.3. The van der Waals surface area contributed by atoms with Crippen LogP contribution in [0.15, 0.2) is 30.3 Å². The van der Waals surface area contributed by atoms with Crippen molar-refractivity contribution in [3.63, 3.8) is 0 Å². The standard InChI is InChI=1S/C11H9Cl2N3O/c1-7(8-5-3-2-4-6-8)17-11-15-9(12)14-10(13)16-11/h2-7H,1H3. The van der Waals surface area contributed by atoms with Crippen LogP contribution < -0.4 is 4.74 Å². The molecule has 0 spiro atoms. The van der Waals surface area contributed by atoms with Gasteiger partial charge in [-0.1, -0.05) is 30.3 Å². The minimum atomic E-state index is -0.189. The van der Waals surface area contributed by atoms with E-state index in [1.165, 1.54) is 0 Å². The molecule has 2 rings (SSSR count). The van der Waals surface area contributed by atoms with E-state index in [1.54, 1.807) is 0 Å². The second-order valence-electron chi connectivity index (χ2n) is 3.33. The molecule has 1 aromatic carbocycles. The van der Waals surface area contributed by atoms with Crippen LogP contribution in [0.1, 0.15) is 18.6 Å². The highest BCUT2D eigenvalue weighted by Crippen LogP contribution is 2.20. The maximum absolute atomic E-state index is 5.65. The number of halogens is 2. The molecule has 6 heteroatoms. The van der Waals surface area contributed by atoms with Gasteiger partial charge >= 0.3 is 6.01 Å². The third-order valence-corrected chi connectivity index (χ3v) is 2.45. The molecule has 1 heterocycles. The maximum Gasteiger partial charge on any atom is 0.322 e. The van der Waals surface area contributed by atoms with E-state index in [9.17, 15) is 0 Å². The van der Waals surface area contributed by atoms with Crippen molar-refractivity contribution in [1.29, 1.82) is 0 Å². The first-order valence-electron chi connectivity index (χ1n) is 4.94. The average molecular weight is 270 g/mol. The van der Waals surface area contributed by atoms with Gasteiger partial charge in [0.05, 0.1) is 0 Å². The second-order valence-corrected chi connectivity index (χ2v) is 4.00. The maximum atomic E-state index is 5.65. The normalized spacial score (nSPS) is 12.2. The first-order valence-corrected chi connectivity index (χ1v) is 5.69. The Hall–Kier alpha value is -1.39. The Morgan fingerprint density at radius 2 is 1.59 bits per heavy atom. The number of hydrogen-bond acceptors (Lipinski definition) is 4. The van der Waals surface area contributed by atoms with Crippen molar-refractivity contribution >= 4 is 23.2 Å². The topological polar surface area (TPSA) is 47.9 Å². The molecule has 0 radical (unpaired) electrons. The quantitative estimate of drug-likeness (QED) is 0.858. The van der Waals surface area contributed by atoms with Gasteiger partial charge in [0.2, 0.25) is 10.6 Å². The molecule has 0 N–H and O–H groups in total. The minimum Gasteiger partial charge on any atom is -0.455 e. The summed E-state index contributed by atoms with van der Waals surface area (Å²) in [6, 6.07) is 9.83. The number of rotatable bonds is 3. The van der Waals surface area contributed by atoms with Gasteiger partial charge in [-0.25, -0.2) is 0 Å². The molecule has 88 valence electrons. The number of ether oxygens (including phenoxy) is 1. The van der Waals surface area contributed by atoms with Gasteiger partial charge in [0.1, 0.15) is 6.10 Å². The van der Waals surface area contributed by atoms with E-state index in [0.717, 1.165) is 5.56 Å². The molecule has 17 heavy (non-hydrogen) atoms. The highest BCUT2D eigenvalue weighted by molar-refractivity contribution is 6.31. The van der Waals surface area contributed by atoms with E-state index >= 15 is 0 Å². The number of aromatic nitrogens is 3. The van der Waals surface area contributed by atoms with Crippen LogP contribution in [0.3, 0.4) is 0 Å². The van der Waals surface area contributed by atoms with Crippen LogP contribution in [0.25, 0.3) is 0 Å². The van der Waals surface area contributed by atoms with Crippen molar-refractivity contribution in [1.82, 2.24) is 15.0 Å². The zero-order valence-electron chi connectivity index (χ0n) is 8.97. The molecular formula is C11H9Cl2N3O. The molecule has 0 bridgehead atoms. The molecule has 1 aromatic heterocycles. The SMILES string of the molecule is CC(Oc1nc(Cl)nc(Cl)n1)c1ccccc1. The van der Waals surface area contributed by atoms with Crippen molar-refractivity contribution in [2.75, 3.05) is 0 Å². The first kappa shape index (κ1) is 12.1. The van der Waals surface area contributed by atoms with Crippen molar-refractivity contribution in [2.24, 2.45) is 0 Å². The fourth-order valence-electron chi connectivity index (χ4n) is 1.31. The zero-order chi connectivity index (χ0) is 12.3. The molecule has 0 saturated carbocycles. The smallest absolute Gasteiger partial charge is 0.322 e. The Morgan fingerprint density at radius 3 is 2.18 bits per heavy atom. The van der Waals surface area contributed by atoms with Crippen LogP contribution in [0.2, 0.25) is 10.6 Å². The molecule has 1 atom stereocenters. The van der Waals surface area contributed by atoms with E-state index in [-0.39, 0.29) is 22.7 Å². The largest absolute Gasteiger partial charge is 0.455 e. The third kappa shape index (κ3) is 3.28. The summed E-state index contributed by atoms with van der Waals surface area (Å²) in [6.07, 6.45) is -0.189. The van der Waals surface area contributed by atoms with Gasteiger partial charge in [0, 0.05) is 0 Å². The number of hydrogen-bond donors (Lipinski definition) is 0. The van der Waals surface area contributed by atoms with Gasteiger partial charge in [0.15, 0.2) is 0 Å². The fourth-order valence-corrected chi connectivity index (χ4v) is 1.66. The van der Waals surface area contributed by atoms with Crippen LogP contribution in [0.4, 0.5) is 0 Å². The lowest BCUT2D eigenvalue weighted by Gasteiger charge is -2.12. The van der Waals surface area contributed by atoms with E-state index in [0.29, 0.717) is 0 Å². The van der Waals surface area contributed by atoms with E-state index in [4.69, 9.17) is 27.9 Å². The summed E-state index contributed by atoms with van der Waals surface area (Å²) < 4.78 is 5.53. The first-order chi connectivity index (χ1) is 8.15. The molecule has 1 unspecified atom stereocenters. The minimum absolute atomic E-state index is 0.0141. The fraction of sp³-hybridized carbons (Fsp3) is 0.182. The van der Waals surface area contributed by atoms with Gasteiger partial charge < -0.3 is 4.74 Å². The summed E-state index contributed by atoms with van der Waals surface area (Å²) in [5.41, 5.74) is 1.01. The predicted octanol–water partition coefficient (Wildman–Crippen LogP) is 3.32. The lowest BCUT2D eigenvalue weighted by molar-refractivity contribution is 0.206. The van der Waals surface area contributed by atoms with E-state index in [2.05, 4.69) is 15.0 Å². The van der Waals surface area contributed by atoms with Gasteiger partial charge in [-0.2, -0.15) is 15.0 Å². The molecule has 0 amide bonds. The lowest BCUT2D eigenvalue weighted by Crippen LogP contribution is -2.06. The van der Waals surface area contributed by atoms with Crippen LogP contribution in [0.5, 0.6) is 6.01 Å². The zero-order valence-corrected chi connectivity index (χ0v) is 10.5. The Balaban J connectivity index is 2.16. The highest BCUT2D eigenvalue weighted by Gasteiger charge is 2.10. The third-order valence-electron chi connectivity index (χ3n) is 2.11. The van der Waals surface area contributed by atoms with Gasteiger partial charge in [0.25, 0.3) is 0 Å². The Labute approximate surface area is 109 Å². The Kier molecular flexibility index (Phi) is 3.76. The average Bonchev–Trinajstić information content (AvgIpc) is 2.28. The molecule has 2 aromatic rings. The van der Waals surface area contributed by atoms with Crippen LogP contribution >= 0.6 is 23.2 Å². The molecule has 0 aliphatic rings. The van der Waals surface area contributed by atoms with Crippen molar-refractivity contribution < 1.29 is 4.74 Å². The predicted molar refractivity (Wildman–Crippen MR) is 65.3 cm³/mol. The van der Waals surface area contributed by atoms with Crippen LogP contribution in [-0.4, -0.2) is 15.0 Å². The molecule has 0 aliphatic carbocycles. The number of benzene rings is 1. The molecule has 0 saturated heterocycles. The Bertz CT molecular complexity index is 487. The van der Waals surface area contributed by atoms with Gasteiger partial charge in [-0.05, 0) is 35.7 Å². The molecular weight excluding hydrogens is 261 g/mol. The molecule has 0 aliphatic heterocycles. The summed E-state index contributed by atoms with van der Waals surface area (Å²) in [5.74, 6) is 0.